The minimum Gasteiger partial charge on any atom is -0.380 e. The number of alkyl halides is 2. The van der Waals surface area contributed by atoms with Crippen molar-refractivity contribution in [3.63, 3.8) is 0 Å². The second kappa shape index (κ2) is 6.70. The van der Waals surface area contributed by atoms with Crippen LogP contribution in [0.3, 0.4) is 0 Å². The number of likely N-dealkylation sites (tertiary alicyclic amines) is 1. The molecule has 1 aliphatic heterocycles. The van der Waals surface area contributed by atoms with Crippen molar-refractivity contribution in [1.82, 2.24) is 4.90 Å². The maximum atomic E-state index is 12.7. The number of rotatable bonds is 6. The molecule has 1 saturated heterocycles. The summed E-state index contributed by atoms with van der Waals surface area (Å²) in [6.45, 7) is 4.75. The third-order valence-corrected chi connectivity index (χ3v) is 5.00. The van der Waals surface area contributed by atoms with Crippen molar-refractivity contribution in [2.75, 3.05) is 25.0 Å². The normalized spacial score (nSPS) is 18.1. The zero-order valence-corrected chi connectivity index (χ0v) is 12.7. The molecule has 1 heterocycles. The fraction of sp³-hybridized carbons (Fsp3) is 0.571. The van der Waals surface area contributed by atoms with E-state index in [0.717, 1.165) is 19.6 Å². The zero-order chi connectivity index (χ0) is 15.5. The highest BCUT2D eigenvalue weighted by Crippen LogP contribution is 2.26. The van der Waals surface area contributed by atoms with Crippen LogP contribution in [0, 0.1) is 0 Å². The van der Waals surface area contributed by atoms with E-state index in [2.05, 4.69) is 10.2 Å². The summed E-state index contributed by atoms with van der Waals surface area (Å²) < 4.78 is 48.8. The van der Waals surface area contributed by atoms with Crippen LogP contribution in [0.25, 0.3) is 0 Å². The number of halogens is 2. The fourth-order valence-corrected chi connectivity index (χ4v) is 3.49. The summed E-state index contributed by atoms with van der Waals surface area (Å²) >= 11 is 0. The Bertz CT molecular complexity index is 572. The standard InChI is InChI=1S/C14H20F2N2O2S/c1-11(10-18-8-4-5-9-18)17-12-6-2-3-7-13(12)21(19,20)14(15)16/h2-3,6-7,11,14,17H,4-5,8-10H2,1H3. The first-order valence-corrected chi connectivity index (χ1v) is 8.56. The molecule has 1 aromatic carbocycles. The summed E-state index contributed by atoms with van der Waals surface area (Å²) in [5, 5.41) is 3.04. The molecule has 1 aliphatic rings. The predicted molar refractivity (Wildman–Crippen MR) is 78.4 cm³/mol. The van der Waals surface area contributed by atoms with Crippen molar-refractivity contribution in [1.29, 1.82) is 0 Å². The average molecular weight is 318 g/mol. The Morgan fingerprint density at radius 3 is 2.48 bits per heavy atom. The van der Waals surface area contributed by atoms with Crippen LogP contribution in [0.2, 0.25) is 0 Å². The third-order valence-electron chi connectivity index (χ3n) is 3.56. The van der Waals surface area contributed by atoms with Gasteiger partial charge in [0.1, 0.15) is 0 Å². The zero-order valence-electron chi connectivity index (χ0n) is 11.9. The highest BCUT2D eigenvalue weighted by Gasteiger charge is 2.29. The first-order chi connectivity index (χ1) is 9.91. The lowest BCUT2D eigenvalue weighted by molar-refractivity contribution is 0.235. The van der Waals surface area contributed by atoms with Gasteiger partial charge >= 0.3 is 5.76 Å². The lowest BCUT2D eigenvalue weighted by Crippen LogP contribution is -2.33. The highest BCUT2D eigenvalue weighted by molar-refractivity contribution is 7.91. The van der Waals surface area contributed by atoms with Crippen LogP contribution >= 0.6 is 0 Å². The highest BCUT2D eigenvalue weighted by atomic mass is 32.2. The summed E-state index contributed by atoms with van der Waals surface area (Å²) in [5.74, 6) is -3.41. The topological polar surface area (TPSA) is 49.4 Å². The van der Waals surface area contributed by atoms with Crippen LogP contribution in [-0.4, -0.2) is 44.8 Å². The number of hydrogen-bond acceptors (Lipinski definition) is 4. The Morgan fingerprint density at radius 2 is 1.86 bits per heavy atom. The first kappa shape index (κ1) is 16.2. The number of para-hydroxylation sites is 1. The van der Waals surface area contributed by atoms with Crippen molar-refractivity contribution in [3.05, 3.63) is 24.3 Å². The van der Waals surface area contributed by atoms with E-state index in [9.17, 15) is 17.2 Å². The van der Waals surface area contributed by atoms with E-state index in [1.807, 2.05) is 6.92 Å². The van der Waals surface area contributed by atoms with Gasteiger partial charge in [-0.15, -0.1) is 0 Å². The molecule has 2 rings (SSSR count). The average Bonchev–Trinajstić information content (AvgIpc) is 2.91. The molecule has 1 atom stereocenters. The number of sulfone groups is 1. The Labute approximate surface area is 124 Å². The lowest BCUT2D eigenvalue weighted by Gasteiger charge is -2.23. The van der Waals surface area contributed by atoms with Gasteiger partial charge in [-0.05, 0) is 45.0 Å². The van der Waals surface area contributed by atoms with Gasteiger partial charge in [0.25, 0.3) is 0 Å². The molecule has 0 aromatic heterocycles. The SMILES string of the molecule is CC(CN1CCCC1)Nc1ccccc1S(=O)(=O)C(F)F. The molecular weight excluding hydrogens is 298 g/mol. The molecule has 4 nitrogen and oxygen atoms in total. The van der Waals surface area contributed by atoms with Crippen LogP contribution < -0.4 is 5.32 Å². The van der Waals surface area contributed by atoms with Crippen molar-refractivity contribution in [3.8, 4) is 0 Å². The van der Waals surface area contributed by atoms with Crippen molar-refractivity contribution < 1.29 is 17.2 Å². The Hall–Kier alpha value is -1.21. The number of hydrogen-bond donors (Lipinski definition) is 1. The van der Waals surface area contributed by atoms with E-state index in [1.165, 1.54) is 31.0 Å². The van der Waals surface area contributed by atoms with Crippen LogP contribution in [0.5, 0.6) is 0 Å². The molecule has 21 heavy (non-hydrogen) atoms. The monoisotopic (exact) mass is 318 g/mol. The second-order valence-electron chi connectivity index (χ2n) is 5.35. The molecule has 118 valence electrons. The molecule has 1 N–H and O–H groups in total. The molecule has 1 fully saturated rings. The second-order valence-corrected chi connectivity index (χ2v) is 7.24. The van der Waals surface area contributed by atoms with Crippen LogP contribution in [0.4, 0.5) is 14.5 Å². The van der Waals surface area contributed by atoms with E-state index < -0.39 is 15.6 Å². The summed E-state index contributed by atoms with van der Waals surface area (Å²) in [6.07, 6.45) is 2.34. The number of benzene rings is 1. The minimum atomic E-state index is -4.59. The summed E-state index contributed by atoms with van der Waals surface area (Å²) in [7, 11) is -4.59. The largest absolute Gasteiger partial charge is 0.380 e. The summed E-state index contributed by atoms with van der Waals surface area (Å²) in [6, 6.07) is 5.81. The minimum absolute atomic E-state index is 0.0166. The van der Waals surface area contributed by atoms with Gasteiger partial charge in [0.05, 0.1) is 10.6 Å². The number of nitrogens with zero attached hydrogens (tertiary/aromatic N) is 1. The number of anilines is 1. The Kier molecular flexibility index (Phi) is 5.16. The Balaban J connectivity index is 2.13. The third kappa shape index (κ3) is 3.91. The lowest BCUT2D eigenvalue weighted by atomic mass is 10.2. The van der Waals surface area contributed by atoms with Crippen molar-refractivity contribution in [2.24, 2.45) is 0 Å². The molecule has 0 bridgehead atoms. The maximum Gasteiger partial charge on any atom is 0.341 e. The van der Waals surface area contributed by atoms with Gasteiger partial charge in [0.2, 0.25) is 9.84 Å². The summed E-state index contributed by atoms with van der Waals surface area (Å²) in [5.41, 5.74) is 0.240. The molecular formula is C14H20F2N2O2S. The van der Waals surface area contributed by atoms with E-state index >= 15 is 0 Å². The van der Waals surface area contributed by atoms with E-state index in [0.29, 0.717) is 0 Å². The molecule has 0 aliphatic carbocycles. The van der Waals surface area contributed by atoms with E-state index in [-0.39, 0.29) is 16.6 Å². The molecule has 1 aromatic rings. The Morgan fingerprint density at radius 1 is 1.24 bits per heavy atom. The quantitative estimate of drug-likeness (QED) is 0.876. The maximum absolute atomic E-state index is 12.7. The fourth-order valence-electron chi connectivity index (χ4n) is 2.59. The summed E-state index contributed by atoms with van der Waals surface area (Å²) in [4.78, 5) is 1.94. The van der Waals surface area contributed by atoms with Gasteiger partial charge in [-0.2, -0.15) is 8.78 Å². The van der Waals surface area contributed by atoms with E-state index in [1.54, 1.807) is 6.07 Å². The molecule has 1 unspecified atom stereocenters. The van der Waals surface area contributed by atoms with Crippen molar-refractivity contribution in [2.45, 2.75) is 36.5 Å². The van der Waals surface area contributed by atoms with Crippen LogP contribution in [-0.2, 0) is 9.84 Å². The van der Waals surface area contributed by atoms with Gasteiger partial charge in [0.15, 0.2) is 0 Å². The predicted octanol–water partition coefficient (Wildman–Crippen LogP) is 2.58. The first-order valence-electron chi connectivity index (χ1n) is 7.01. The molecule has 7 heteroatoms. The van der Waals surface area contributed by atoms with Crippen LogP contribution in [0.15, 0.2) is 29.2 Å². The van der Waals surface area contributed by atoms with Gasteiger partial charge in [-0.25, -0.2) is 8.42 Å². The van der Waals surface area contributed by atoms with Gasteiger partial charge in [-0.3, -0.25) is 0 Å². The molecule has 0 spiro atoms. The number of nitrogens with one attached hydrogen (secondary N) is 1. The van der Waals surface area contributed by atoms with Crippen molar-refractivity contribution >= 4 is 15.5 Å². The van der Waals surface area contributed by atoms with Gasteiger partial charge in [-0.1, -0.05) is 12.1 Å². The van der Waals surface area contributed by atoms with E-state index in [4.69, 9.17) is 0 Å². The molecule has 0 amide bonds. The molecule has 0 saturated carbocycles. The smallest absolute Gasteiger partial charge is 0.341 e. The van der Waals surface area contributed by atoms with Gasteiger partial charge < -0.3 is 10.2 Å². The molecule has 0 radical (unpaired) electrons. The van der Waals surface area contributed by atoms with Crippen LogP contribution in [0.1, 0.15) is 19.8 Å². The van der Waals surface area contributed by atoms with Gasteiger partial charge in [0, 0.05) is 12.6 Å².